The summed E-state index contributed by atoms with van der Waals surface area (Å²) in [6.07, 6.45) is 0.179. The Morgan fingerprint density at radius 3 is 2.42 bits per heavy atom. The lowest BCUT2D eigenvalue weighted by molar-refractivity contribution is -0.143. The van der Waals surface area contributed by atoms with Gasteiger partial charge < -0.3 is 15.0 Å². The Morgan fingerprint density at radius 2 is 1.75 bits per heavy atom. The first-order valence-corrected chi connectivity index (χ1v) is 8.32. The number of ether oxygens (including phenoxy) is 1. The lowest BCUT2D eigenvalue weighted by Crippen LogP contribution is -2.21. The van der Waals surface area contributed by atoms with Crippen LogP contribution in [0, 0.1) is 0 Å². The van der Waals surface area contributed by atoms with Crippen molar-refractivity contribution in [2.24, 2.45) is 0 Å². The highest BCUT2D eigenvalue weighted by Crippen LogP contribution is 2.33. The molecule has 0 saturated heterocycles. The Morgan fingerprint density at radius 1 is 1.08 bits per heavy atom. The van der Waals surface area contributed by atoms with E-state index in [2.05, 4.69) is 5.32 Å². The Hall–Kier alpha value is -1.75. The minimum atomic E-state index is -0.267. The molecule has 24 heavy (non-hydrogen) atoms. The minimum Gasteiger partial charge on any atom is -0.464 e. The molecule has 0 aliphatic rings. The van der Waals surface area contributed by atoms with Crippen molar-refractivity contribution in [3.05, 3.63) is 58.1 Å². The van der Waals surface area contributed by atoms with Crippen LogP contribution in [0.25, 0.3) is 0 Å². The highest BCUT2D eigenvalue weighted by atomic mass is 35.5. The van der Waals surface area contributed by atoms with Gasteiger partial charge in [0.1, 0.15) is 6.61 Å². The van der Waals surface area contributed by atoms with E-state index in [0.29, 0.717) is 28.9 Å². The smallest absolute Gasteiger partial charge is 0.310 e. The fourth-order valence-corrected chi connectivity index (χ4v) is 2.59. The van der Waals surface area contributed by atoms with Crippen LogP contribution in [0.3, 0.4) is 0 Å². The monoisotopic (exact) mass is 366 g/mol. The lowest BCUT2D eigenvalue weighted by atomic mass is 10.1. The number of hydrogen-bond donors (Lipinski definition) is 1. The average molecular weight is 367 g/mol. The molecule has 2 aromatic rings. The summed E-state index contributed by atoms with van der Waals surface area (Å²) in [5, 5.41) is 4.25. The first-order valence-electron chi connectivity index (χ1n) is 7.56. The summed E-state index contributed by atoms with van der Waals surface area (Å²) in [6.45, 7) is 1.07. The summed E-state index contributed by atoms with van der Waals surface area (Å²) in [5.74, 6) is -0.267. The van der Waals surface area contributed by atoms with Crippen LogP contribution in [0.1, 0.15) is 5.56 Å². The lowest BCUT2D eigenvalue weighted by Gasteiger charge is -2.14. The van der Waals surface area contributed by atoms with Gasteiger partial charge in [0, 0.05) is 12.2 Å². The first kappa shape index (κ1) is 18.6. The molecule has 128 valence electrons. The summed E-state index contributed by atoms with van der Waals surface area (Å²) in [6, 6.07) is 12.8. The van der Waals surface area contributed by atoms with Crippen molar-refractivity contribution in [3.8, 4) is 0 Å². The van der Waals surface area contributed by atoms with E-state index < -0.39 is 0 Å². The maximum atomic E-state index is 12.0. The number of likely N-dealkylation sites (N-methyl/N-ethyl adjacent to an activating group) is 1. The van der Waals surface area contributed by atoms with E-state index in [1.165, 1.54) is 0 Å². The number of nitrogens with zero attached hydrogens (tertiary/aromatic N) is 1. The van der Waals surface area contributed by atoms with Gasteiger partial charge in [-0.2, -0.15) is 0 Å². The SMILES string of the molecule is CN(C)CCOC(=O)Cc1ccccc1Nc1c(Cl)cccc1Cl. The summed E-state index contributed by atoms with van der Waals surface area (Å²) in [4.78, 5) is 14.0. The molecule has 4 nitrogen and oxygen atoms in total. The van der Waals surface area contributed by atoms with Gasteiger partial charge in [-0.3, -0.25) is 4.79 Å². The van der Waals surface area contributed by atoms with Crippen LogP contribution in [0.5, 0.6) is 0 Å². The molecular weight excluding hydrogens is 347 g/mol. The molecular formula is C18H20Cl2N2O2. The van der Waals surface area contributed by atoms with Crippen LogP contribution in [-0.4, -0.2) is 38.1 Å². The largest absolute Gasteiger partial charge is 0.464 e. The topological polar surface area (TPSA) is 41.6 Å². The van der Waals surface area contributed by atoms with E-state index in [4.69, 9.17) is 27.9 Å². The summed E-state index contributed by atoms with van der Waals surface area (Å²) in [7, 11) is 3.86. The summed E-state index contributed by atoms with van der Waals surface area (Å²) < 4.78 is 5.25. The van der Waals surface area contributed by atoms with Crippen molar-refractivity contribution in [2.75, 3.05) is 32.6 Å². The van der Waals surface area contributed by atoms with Gasteiger partial charge in [0.05, 0.1) is 22.2 Å². The van der Waals surface area contributed by atoms with E-state index >= 15 is 0 Å². The number of esters is 1. The zero-order valence-electron chi connectivity index (χ0n) is 13.7. The van der Waals surface area contributed by atoms with Gasteiger partial charge in [0.15, 0.2) is 0 Å². The van der Waals surface area contributed by atoms with Gasteiger partial charge in [0.2, 0.25) is 0 Å². The van der Waals surface area contributed by atoms with E-state index in [9.17, 15) is 4.79 Å². The summed E-state index contributed by atoms with van der Waals surface area (Å²) >= 11 is 12.4. The molecule has 0 amide bonds. The highest BCUT2D eigenvalue weighted by Gasteiger charge is 2.12. The quantitative estimate of drug-likeness (QED) is 0.738. The van der Waals surface area contributed by atoms with Crippen molar-refractivity contribution in [3.63, 3.8) is 0 Å². The first-order chi connectivity index (χ1) is 11.5. The normalized spacial score (nSPS) is 10.7. The number of anilines is 2. The standard InChI is InChI=1S/C18H20Cl2N2O2/c1-22(2)10-11-24-17(23)12-13-6-3-4-9-16(13)21-18-14(19)7-5-8-15(18)20/h3-9,21H,10-12H2,1-2H3. The van der Waals surface area contributed by atoms with Gasteiger partial charge in [-0.15, -0.1) is 0 Å². The number of carbonyl (C=O) groups excluding carboxylic acids is 1. The average Bonchev–Trinajstić information content (AvgIpc) is 2.52. The Balaban J connectivity index is 2.09. The molecule has 2 rings (SSSR count). The summed E-state index contributed by atoms with van der Waals surface area (Å²) in [5.41, 5.74) is 2.22. The Kier molecular flexibility index (Phi) is 6.91. The number of nitrogens with one attached hydrogen (secondary N) is 1. The van der Waals surface area contributed by atoms with Crippen LogP contribution < -0.4 is 5.32 Å². The maximum Gasteiger partial charge on any atom is 0.310 e. The molecule has 0 fully saturated rings. The second-order valence-corrected chi connectivity index (χ2v) is 6.39. The zero-order valence-corrected chi connectivity index (χ0v) is 15.2. The second kappa shape index (κ2) is 8.92. The number of carbonyl (C=O) groups is 1. The van der Waals surface area contributed by atoms with E-state index in [1.54, 1.807) is 18.2 Å². The third-order valence-electron chi connectivity index (χ3n) is 3.38. The number of para-hydroxylation sites is 2. The molecule has 0 saturated carbocycles. The molecule has 0 atom stereocenters. The van der Waals surface area contributed by atoms with Crippen LogP contribution >= 0.6 is 23.2 Å². The fourth-order valence-electron chi connectivity index (χ4n) is 2.10. The van der Waals surface area contributed by atoms with Crippen LogP contribution in [0.4, 0.5) is 11.4 Å². The van der Waals surface area contributed by atoms with Crippen LogP contribution in [-0.2, 0) is 16.0 Å². The molecule has 0 radical (unpaired) electrons. The number of rotatable bonds is 7. The molecule has 1 N–H and O–H groups in total. The van der Waals surface area contributed by atoms with E-state index in [0.717, 1.165) is 11.3 Å². The van der Waals surface area contributed by atoms with Crippen molar-refractivity contribution < 1.29 is 9.53 Å². The predicted molar refractivity (Wildman–Crippen MR) is 99.4 cm³/mol. The van der Waals surface area contributed by atoms with Crippen molar-refractivity contribution in [1.82, 2.24) is 4.90 Å². The Bertz CT molecular complexity index is 685. The third-order valence-corrected chi connectivity index (χ3v) is 4.01. The van der Waals surface area contributed by atoms with Gasteiger partial charge in [-0.1, -0.05) is 47.5 Å². The maximum absolute atomic E-state index is 12.0. The fraction of sp³-hybridized carbons (Fsp3) is 0.278. The molecule has 0 spiro atoms. The molecule has 0 bridgehead atoms. The predicted octanol–water partition coefficient (Wildman–Crippen LogP) is 4.38. The minimum absolute atomic E-state index is 0.179. The number of benzene rings is 2. The van der Waals surface area contributed by atoms with Crippen LogP contribution in [0.15, 0.2) is 42.5 Å². The van der Waals surface area contributed by atoms with Crippen molar-refractivity contribution in [1.29, 1.82) is 0 Å². The highest BCUT2D eigenvalue weighted by molar-refractivity contribution is 6.39. The molecule has 2 aromatic carbocycles. The zero-order chi connectivity index (χ0) is 17.5. The molecule has 0 unspecified atom stereocenters. The van der Waals surface area contributed by atoms with Gasteiger partial charge in [-0.05, 0) is 37.9 Å². The van der Waals surface area contributed by atoms with Crippen LogP contribution in [0.2, 0.25) is 10.0 Å². The van der Waals surface area contributed by atoms with Gasteiger partial charge in [-0.25, -0.2) is 0 Å². The molecule has 0 aliphatic carbocycles. The molecule has 0 aromatic heterocycles. The van der Waals surface area contributed by atoms with E-state index in [1.807, 2.05) is 43.3 Å². The molecule has 6 heteroatoms. The van der Waals surface area contributed by atoms with Crippen molar-refractivity contribution >= 4 is 40.5 Å². The number of hydrogen-bond acceptors (Lipinski definition) is 4. The number of halogens is 2. The Labute approximate surface area is 152 Å². The van der Waals surface area contributed by atoms with E-state index in [-0.39, 0.29) is 12.4 Å². The second-order valence-electron chi connectivity index (χ2n) is 5.58. The molecule has 0 heterocycles. The van der Waals surface area contributed by atoms with Crippen molar-refractivity contribution in [2.45, 2.75) is 6.42 Å². The van der Waals surface area contributed by atoms with Gasteiger partial charge >= 0.3 is 5.97 Å². The molecule has 0 aliphatic heterocycles. The third kappa shape index (κ3) is 5.41. The van der Waals surface area contributed by atoms with Gasteiger partial charge in [0.25, 0.3) is 0 Å².